The molecule has 1 fully saturated rings. The van der Waals surface area contributed by atoms with Crippen LogP contribution in [0.1, 0.15) is 19.8 Å². The minimum atomic E-state index is 0.541. The van der Waals surface area contributed by atoms with Gasteiger partial charge in [-0.1, -0.05) is 0 Å². The lowest BCUT2D eigenvalue weighted by Crippen LogP contribution is -2.24. The van der Waals surface area contributed by atoms with Crippen molar-refractivity contribution in [2.24, 2.45) is 0 Å². The third-order valence-electron chi connectivity index (χ3n) is 2.19. The number of thioether (sulfide) groups is 1. The van der Waals surface area contributed by atoms with Gasteiger partial charge < -0.3 is 10.1 Å². The second-order valence-corrected chi connectivity index (χ2v) is 4.44. The largest absolute Gasteiger partial charge is 0.377 e. The Bertz CT molecular complexity index is 115. The van der Waals surface area contributed by atoms with Gasteiger partial charge in [0.2, 0.25) is 0 Å². The lowest BCUT2D eigenvalue weighted by atomic mass is 10.3. The summed E-state index contributed by atoms with van der Waals surface area (Å²) in [4.78, 5) is 0. The molecule has 0 bridgehead atoms. The Morgan fingerprint density at radius 2 is 2.50 bits per heavy atom. The van der Waals surface area contributed by atoms with E-state index in [2.05, 4.69) is 12.2 Å². The van der Waals surface area contributed by atoms with Crippen molar-refractivity contribution in [1.82, 2.24) is 5.32 Å². The van der Waals surface area contributed by atoms with Gasteiger partial charge in [0.1, 0.15) is 0 Å². The molecule has 0 saturated carbocycles. The van der Waals surface area contributed by atoms with Crippen molar-refractivity contribution in [3.8, 4) is 0 Å². The van der Waals surface area contributed by atoms with E-state index >= 15 is 0 Å². The van der Waals surface area contributed by atoms with Gasteiger partial charge in [-0.2, -0.15) is 11.8 Å². The lowest BCUT2D eigenvalue weighted by molar-refractivity contribution is 0.129. The number of ether oxygens (including phenoxy) is 1. The number of hydrogen-bond donors (Lipinski definition) is 1. The predicted octanol–water partition coefficient (Wildman–Crippen LogP) is 1.51. The zero-order valence-corrected chi connectivity index (χ0v) is 8.82. The van der Waals surface area contributed by atoms with Gasteiger partial charge in [-0.15, -0.1) is 0 Å². The molecule has 1 N–H and O–H groups in total. The van der Waals surface area contributed by atoms with Crippen molar-refractivity contribution >= 4 is 11.8 Å². The number of nitrogens with one attached hydrogen (secondary N) is 1. The Balaban J connectivity index is 1.94. The minimum absolute atomic E-state index is 0.541. The van der Waals surface area contributed by atoms with E-state index in [1.807, 2.05) is 18.8 Å². The van der Waals surface area contributed by atoms with Crippen molar-refractivity contribution < 1.29 is 4.74 Å². The monoisotopic (exact) mass is 189 g/mol. The summed E-state index contributed by atoms with van der Waals surface area (Å²) in [5.41, 5.74) is 0. The SMILES string of the molecule is CNC(C)CSCC1CCCO1. The summed E-state index contributed by atoms with van der Waals surface area (Å²) in [5.74, 6) is 2.36. The van der Waals surface area contributed by atoms with Crippen LogP contribution < -0.4 is 5.32 Å². The summed E-state index contributed by atoms with van der Waals surface area (Å²) >= 11 is 2.00. The average Bonchev–Trinajstić information content (AvgIpc) is 2.57. The van der Waals surface area contributed by atoms with E-state index in [0.29, 0.717) is 12.1 Å². The van der Waals surface area contributed by atoms with Gasteiger partial charge in [-0.3, -0.25) is 0 Å². The molecule has 2 unspecified atom stereocenters. The van der Waals surface area contributed by atoms with E-state index in [4.69, 9.17) is 4.74 Å². The lowest BCUT2D eigenvalue weighted by Gasteiger charge is -2.12. The Morgan fingerprint density at radius 3 is 3.08 bits per heavy atom. The molecule has 12 heavy (non-hydrogen) atoms. The molecule has 0 radical (unpaired) electrons. The van der Waals surface area contributed by atoms with Gasteiger partial charge in [0.05, 0.1) is 6.10 Å². The van der Waals surface area contributed by atoms with Gasteiger partial charge >= 0.3 is 0 Å². The highest BCUT2D eigenvalue weighted by Crippen LogP contribution is 2.17. The smallest absolute Gasteiger partial charge is 0.0666 e. The molecule has 0 aromatic carbocycles. The van der Waals surface area contributed by atoms with E-state index in [-0.39, 0.29) is 0 Å². The molecule has 1 heterocycles. The second-order valence-electron chi connectivity index (χ2n) is 3.36. The molecule has 3 heteroatoms. The van der Waals surface area contributed by atoms with Crippen molar-refractivity contribution in [1.29, 1.82) is 0 Å². The first-order valence-electron chi connectivity index (χ1n) is 4.69. The fraction of sp³-hybridized carbons (Fsp3) is 1.00. The van der Waals surface area contributed by atoms with Crippen LogP contribution in [0.3, 0.4) is 0 Å². The first-order valence-corrected chi connectivity index (χ1v) is 5.85. The quantitative estimate of drug-likeness (QED) is 0.708. The van der Waals surface area contributed by atoms with Crippen molar-refractivity contribution in [2.45, 2.75) is 31.9 Å². The van der Waals surface area contributed by atoms with Crippen LogP contribution in [0.5, 0.6) is 0 Å². The molecule has 0 amide bonds. The van der Waals surface area contributed by atoms with Crippen LogP contribution >= 0.6 is 11.8 Å². The normalized spacial score (nSPS) is 26.0. The highest BCUT2D eigenvalue weighted by Gasteiger charge is 2.15. The van der Waals surface area contributed by atoms with E-state index in [1.54, 1.807) is 0 Å². The molecule has 0 spiro atoms. The fourth-order valence-electron chi connectivity index (χ4n) is 1.24. The van der Waals surface area contributed by atoms with Crippen LogP contribution in [0.2, 0.25) is 0 Å². The molecule has 0 aromatic rings. The number of rotatable bonds is 5. The molecular formula is C9H19NOS. The topological polar surface area (TPSA) is 21.3 Å². The summed E-state index contributed by atoms with van der Waals surface area (Å²) < 4.78 is 5.53. The molecule has 1 rings (SSSR count). The Kier molecular flexibility index (Phi) is 5.04. The first kappa shape index (κ1) is 10.4. The van der Waals surface area contributed by atoms with Crippen LogP contribution in [-0.2, 0) is 4.74 Å². The predicted molar refractivity (Wildman–Crippen MR) is 54.8 cm³/mol. The van der Waals surface area contributed by atoms with E-state index in [9.17, 15) is 0 Å². The van der Waals surface area contributed by atoms with Crippen LogP contribution in [0.15, 0.2) is 0 Å². The molecule has 1 saturated heterocycles. The highest BCUT2D eigenvalue weighted by atomic mass is 32.2. The summed E-state index contributed by atoms with van der Waals surface area (Å²) in [6.07, 6.45) is 3.06. The molecule has 2 atom stereocenters. The average molecular weight is 189 g/mol. The zero-order chi connectivity index (χ0) is 8.81. The maximum Gasteiger partial charge on any atom is 0.0666 e. The third-order valence-corrected chi connectivity index (χ3v) is 3.53. The van der Waals surface area contributed by atoms with Crippen LogP contribution in [-0.4, -0.2) is 37.3 Å². The summed E-state index contributed by atoms with van der Waals surface area (Å²) in [5, 5.41) is 3.23. The highest BCUT2D eigenvalue weighted by molar-refractivity contribution is 7.99. The molecule has 1 aliphatic rings. The maximum absolute atomic E-state index is 5.53. The standard InChI is InChI=1S/C9H19NOS/c1-8(10-2)6-12-7-9-4-3-5-11-9/h8-10H,3-7H2,1-2H3. The summed E-state index contributed by atoms with van der Waals surface area (Å²) in [6, 6.07) is 0.622. The Labute approximate surface area is 79.4 Å². The Hall–Kier alpha value is 0.270. The van der Waals surface area contributed by atoms with Gasteiger partial charge in [0.15, 0.2) is 0 Å². The Morgan fingerprint density at radius 1 is 1.67 bits per heavy atom. The molecule has 1 aliphatic heterocycles. The minimum Gasteiger partial charge on any atom is -0.377 e. The third kappa shape index (κ3) is 3.78. The van der Waals surface area contributed by atoms with Crippen molar-refractivity contribution in [2.75, 3.05) is 25.2 Å². The van der Waals surface area contributed by atoms with Gasteiger partial charge in [0, 0.05) is 24.2 Å². The molecule has 72 valence electrons. The van der Waals surface area contributed by atoms with Crippen molar-refractivity contribution in [3.05, 3.63) is 0 Å². The molecular weight excluding hydrogens is 170 g/mol. The van der Waals surface area contributed by atoms with Crippen LogP contribution in [0.4, 0.5) is 0 Å². The first-order chi connectivity index (χ1) is 5.83. The van der Waals surface area contributed by atoms with Gasteiger partial charge in [0.25, 0.3) is 0 Å². The molecule has 0 aromatic heterocycles. The fourth-order valence-corrected chi connectivity index (χ4v) is 2.42. The molecule has 2 nitrogen and oxygen atoms in total. The summed E-state index contributed by atoms with van der Waals surface area (Å²) in [6.45, 7) is 3.19. The van der Waals surface area contributed by atoms with Crippen molar-refractivity contribution in [3.63, 3.8) is 0 Å². The van der Waals surface area contributed by atoms with Gasteiger partial charge in [-0.05, 0) is 26.8 Å². The van der Waals surface area contributed by atoms with Crippen LogP contribution in [0.25, 0.3) is 0 Å². The van der Waals surface area contributed by atoms with E-state index < -0.39 is 0 Å². The maximum atomic E-state index is 5.53. The molecule has 0 aliphatic carbocycles. The zero-order valence-electron chi connectivity index (χ0n) is 8.01. The van der Waals surface area contributed by atoms with Crippen LogP contribution in [0, 0.1) is 0 Å². The van der Waals surface area contributed by atoms with E-state index in [0.717, 1.165) is 6.61 Å². The summed E-state index contributed by atoms with van der Waals surface area (Å²) in [7, 11) is 2.01. The van der Waals surface area contributed by atoms with Gasteiger partial charge in [-0.25, -0.2) is 0 Å². The second kappa shape index (κ2) is 5.84. The van der Waals surface area contributed by atoms with E-state index in [1.165, 1.54) is 24.3 Å². The number of hydrogen-bond acceptors (Lipinski definition) is 3.